The summed E-state index contributed by atoms with van der Waals surface area (Å²) in [7, 11) is 0. The number of hydrogen-bond donors (Lipinski definition) is 1. The van der Waals surface area contributed by atoms with Crippen LogP contribution >= 0.6 is 11.3 Å². The van der Waals surface area contributed by atoms with Gasteiger partial charge in [-0.25, -0.2) is 0 Å². The van der Waals surface area contributed by atoms with Gasteiger partial charge in [0, 0.05) is 6.04 Å². The quantitative estimate of drug-likeness (QED) is 0.640. The van der Waals surface area contributed by atoms with Crippen LogP contribution in [0.2, 0.25) is 0 Å². The lowest BCUT2D eigenvalue weighted by Crippen LogP contribution is -2.34. The van der Waals surface area contributed by atoms with Crippen molar-refractivity contribution in [3.8, 4) is 0 Å². The van der Waals surface area contributed by atoms with Gasteiger partial charge in [-0.2, -0.15) is 11.3 Å². The highest BCUT2D eigenvalue weighted by atomic mass is 32.1. The average molecular weight is 253 g/mol. The highest BCUT2D eigenvalue weighted by Gasteiger charge is 2.11. The van der Waals surface area contributed by atoms with Gasteiger partial charge in [-0.05, 0) is 60.5 Å². The fourth-order valence-electron chi connectivity index (χ4n) is 2.13. The molecule has 1 aromatic heterocycles. The van der Waals surface area contributed by atoms with Crippen molar-refractivity contribution >= 4 is 11.3 Å². The standard InChI is InChI=1S/C15H27NS/c1-4-10-16-15(13(2)3)8-6-5-7-14-9-11-17-12-14/h9,11-13,15-16H,4-8,10H2,1-3H3. The number of rotatable bonds is 9. The van der Waals surface area contributed by atoms with E-state index in [-0.39, 0.29) is 0 Å². The van der Waals surface area contributed by atoms with E-state index in [1.165, 1.54) is 37.7 Å². The van der Waals surface area contributed by atoms with E-state index in [1.54, 1.807) is 0 Å². The van der Waals surface area contributed by atoms with E-state index in [4.69, 9.17) is 0 Å². The summed E-state index contributed by atoms with van der Waals surface area (Å²) in [4.78, 5) is 0. The molecule has 0 aromatic carbocycles. The van der Waals surface area contributed by atoms with E-state index in [0.29, 0.717) is 6.04 Å². The van der Waals surface area contributed by atoms with Crippen LogP contribution in [-0.4, -0.2) is 12.6 Å². The molecule has 0 amide bonds. The monoisotopic (exact) mass is 253 g/mol. The molecule has 2 heteroatoms. The second kappa shape index (κ2) is 8.71. The van der Waals surface area contributed by atoms with Gasteiger partial charge >= 0.3 is 0 Å². The topological polar surface area (TPSA) is 12.0 Å². The molecule has 0 aliphatic heterocycles. The number of hydrogen-bond acceptors (Lipinski definition) is 2. The van der Waals surface area contributed by atoms with Crippen LogP contribution in [0.5, 0.6) is 0 Å². The van der Waals surface area contributed by atoms with Crippen LogP contribution in [0.3, 0.4) is 0 Å². The third-order valence-electron chi connectivity index (χ3n) is 3.27. The normalized spacial score (nSPS) is 13.2. The van der Waals surface area contributed by atoms with Crippen LogP contribution in [0, 0.1) is 5.92 Å². The predicted octanol–water partition coefficient (Wildman–Crippen LogP) is 4.49. The highest BCUT2D eigenvalue weighted by Crippen LogP contribution is 2.14. The minimum absolute atomic E-state index is 0.706. The van der Waals surface area contributed by atoms with E-state index in [9.17, 15) is 0 Å². The van der Waals surface area contributed by atoms with Crippen LogP contribution in [-0.2, 0) is 6.42 Å². The van der Waals surface area contributed by atoms with Crippen molar-refractivity contribution in [3.05, 3.63) is 22.4 Å². The van der Waals surface area contributed by atoms with Crippen molar-refractivity contribution in [1.29, 1.82) is 0 Å². The van der Waals surface area contributed by atoms with Crippen molar-refractivity contribution < 1.29 is 0 Å². The Morgan fingerprint density at radius 1 is 1.29 bits per heavy atom. The highest BCUT2D eigenvalue weighted by molar-refractivity contribution is 7.07. The molecule has 1 heterocycles. The van der Waals surface area contributed by atoms with Gasteiger partial charge < -0.3 is 5.32 Å². The molecule has 0 fully saturated rings. The Hall–Kier alpha value is -0.340. The van der Waals surface area contributed by atoms with Crippen LogP contribution in [0.1, 0.15) is 52.0 Å². The maximum absolute atomic E-state index is 3.66. The zero-order valence-electron chi connectivity index (χ0n) is 11.5. The third-order valence-corrected chi connectivity index (χ3v) is 4.00. The molecule has 0 aliphatic carbocycles. The summed E-state index contributed by atoms with van der Waals surface area (Å²) in [5.74, 6) is 0.752. The fourth-order valence-corrected chi connectivity index (χ4v) is 2.83. The zero-order valence-corrected chi connectivity index (χ0v) is 12.4. The Labute approximate surface area is 111 Å². The summed E-state index contributed by atoms with van der Waals surface area (Å²) < 4.78 is 0. The van der Waals surface area contributed by atoms with Crippen LogP contribution < -0.4 is 5.32 Å². The summed E-state index contributed by atoms with van der Waals surface area (Å²) >= 11 is 1.81. The maximum atomic E-state index is 3.66. The zero-order chi connectivity index (χ0) is 12.5. The summed E-state index contributed by atoms with van der Waals surface area (Å²) in [6.07, 6.45) is 6.48. The first-order valence-corrected chi connectivity index (χ1v) is 7.92. The largest absolute Gasteiger partial charge is 0.314 e. The molecule has 1 atom stereocenters. The minimum atomic E-state index is 0.706. The van der Waals surface area contributed by atoms with E-state index >= 15 is 0 Å². The Kier molecular flexibility index (Phi) is 7.54. The maximum Gasteiger partial charge on any atom is 0.00900 e. The van der Waals surface area contributed by atoms with Gasteiger partial charge in [0.15, 0.2) is 0 Å². The second-order valence-corrected chi connectivity index (χ2v) is 5.96. The molecule has 0 saturated carbocycles. The molecular formula is C15H27NS. The molecule has 1 N–H and O–H groups in total. The third kappa shape index (κ3) is 6.23. The predicted molar refractivity (Wildman–Crippen MR) is 78.8 cm³/mol. The Bertz CT molecular complexity index is 266. The van der Waals surface area contributed by atoms with Gasteiger partial charge in [0.2, 0.25) is 0 Å². The van der Waals surface area contributed by atoms with Crippen molar-refractivity contribution in [3.63, 3.8) is 0 Å². The summed E-state index contributed by atoms with van der Waals surface area (Å²) in [6, 6.07) is 2.96. The van der Waals surface area contributed by atoms with Crippen molar-refractivity contribution in [2.24, 2.45) is 5.92 Å². The Morgan fingerprint density at radius 2 is 2.12 bits per heavy atom. The molecule has 98 valence electrons. The van der Waals surface area contributed by atoms with E-state index in [1.807, 2.05) is 11.3 Å². The molecule has 17 heavy (non-hydrogen) atoms. The Balaban J connectivity index is 2.13. The van der Waals surface area contributed by atoms with Gasteiger partial charge in [0.05, 0.1) is 0 Å². The molecule has 1 rings (SSSR count). The lowest BCUT2D eigenvalue weighted by molar-refractivity contribution is 0.367. The molecule has 0 aliphatic rings. The lowest BCUT2D eigenvalue weighted by atomic mass is 9.97. The van der Waals surface area contributed by atoms with Gasteiger partial charge in [-0.3, -0.25) is 0 Å². The summed E-state index contributed by atoms with van der Waals surface area (Å²) in [5.41, 5.74) is 1.51. The van der Waals surface area contributed by atoms with Crippen molar-refractivity contribution in [2.45, 2.75) is 58.9 Å². The van der Waals surface area contributed by atoms with E-state index in [2.05, 4.69) is 42.9 Å². The van der Waals surface area contributed by atoms with E-state index < -0.39 is 0 Å². The second-order valence-electron chi connectivity index (χ2n) is 5.18. The number of nitrogens with one attached hydrogen (secondary N) is 1. The molecule has 1 nitrogen and oxygen atoms in total. The molecule has 1 unspecified atom stereocenters. The molecular weight excluding hydrogens is 226 g/mol. The first-order chi connectivity index (χ1) is 8.24. The molecule has 0 bridgehead atoms. The fraction of sp³-hybridized carbons (Fsp3) is 0.733. The molecule has 1 aromatic rings. The lowest BCUT2D eigenvalue weighted by Gasteiger charge is -2.22. The van der Waals surface area contributed by atoms with Gasteiger partial charge in [-0.15, -0.1) is 0 Å². The SMILES string of the molecule is CCCNC(CCCCc1ccsc1)C(C)C. The smallest absolute Gasteiger partial charge is 0.00900 e. The van der Waals surface area contributed by atoms with Crippen LogP contribution in [0.15, 0.2) is 16.8 Å². The number of aryl methyl sites for hydroxylation is 1. The first kappa shape index (κ1) is 14.7. The Morgan fingerprint density at radius 3 is 2.71 bits per heavy atom. The first-order valence-electron chi connectivity index (χ1n) is 6.98. The van der Waals surface area contributed by atoms with Crippen molar-refractivity contribution in [1.82, 2.24) is 5.32 Å². The van der Waals surface area contributed by atoms with Gasteiger partial charge in [0.1, 0.15) is 0 Å². The molecule has 0 radical (unpaired) electrons. The average Bonchev–Trinajstić information content (AvgIpc) is 2.80. The molecule has 0 saturated heterocycles. The summed E-state index contributed by atoms with van der Waals surface area (Å²) in [5, 5.41) is 8.11. The minimum Gasteiger partial charge on any atom is -0.314 e. The number of unbranched alkanes of at least 4 members (excludes halogenated alkanes) is 1. The molecule has 0 spiro atoms. The van der Waals surface area contributed by atoms with Gasteiger partial charge in [0.25, 0.3) is 0 Å². The number of thiophene rings is 1. The van der Waals surface area contributed by atoms with Crippen LogP contribution in [0.4, 0.5) is 0 Å². The van der Waals surface area contributed by atoms with Crippen LogP contribution in [0.25, 0.3) is 0 Å². The van der Waals surface area contributed by atoms with Gasteiger partial charge in [-0.1, -0.05) is 27.2 Å². The summed E-state index contributed by atoms with van der Waals surface area (Å²) in [6.45, 7) is 8.05. The van der Waals surface area contributed by atoms with Crippen molar-refractivity contribution in [2.75, 3.05) is 6.54 Å². The van der Waals surface area contributed by atoms with E-state index in [0.717, 1.165) is 12.5 Å².